The molecule has 1 amide bonds. The molecule has 0 aliphatic rings. The molecule has 20 heavy (non-hydrogen) atoms. The molecule has 0 bridgehead atoms. The van der Waals surface area contributed by atoms with Crippen molar-refractivity contribution in [2.75, 3.05) is 5.32 Å². The van der Waals surface area contributed by atoms with E-state index in [-0.39, 0.29) is 18.1 Å². The standard InChI is InChI=1S/C17H15NO2/c1-2-13-8-10-15(11-9-13)18-17(20)12-16(19)14-6-4-3-5-7-14/h2-11H,1,12H2,(H,18,20). The zero-order chi connectivity index (χ0) is 14.4. The molecule has 1 N–H and O–H groups in total. The lowest BCUT2D eigenvalue weighted by Gasteiger charge is -2.05. The summed E-state index contributed by atoms with van der Waals surface area (Å²) in [5.41, 5.74) is 2.19. The fourth-order valence-corrected chi connectivity index (χ4v) is 1.78. The number of carbonyl (C=O) groups excluding carboxylic acids is 2. The monoisotopic (exact) mass is 265 g/mol. The molecule has 2 aromatic rings. The quantitative estimate of drug-likeness (QED) is 0.664. The van der Waals surface area contributed by atoms with Crippen molar-refractivity contribution in [3.63, 3.8) is 0 Å². The van der Waals surface area contributed by atoms with Crippen LogP contribution in [0.5, 0.6) is 0 Å². The van der Waals surface area contributed by atoms with Gasteiger partial charge in [0.05, 0.1) is 6.42 Å². The maximum absolute atomic E-state index is 11.9. The molecule has 0 aromatic heterocycles. The molecule has 0 saturated carbocycles. The summed E-state index contributed by atoms with van der Waals surface area (Å²) in [5.74, 6) is -0.504. The predicted molar refractivity (Wildman–Crippen MR) is 80.6 cm³/mol. The molecule has 0 unspecified atom stereocenters. The third-order valence-corrected chi connectivity index (χ3v) is 2.85. The first-order valence-electron chi connectivity index (χ1n) is 6.29. The van der Waals surface area contributed by atoms with E-state index < -0.39 is 0 Å². The first-order chi connectivity index (χ1) is 9.69. The van der Waals surface area contributed by atoms with Crippen molar-refractivity contribution < 1.29 is 9.59 Å². The van der Waals surface area contributed by atoms with Crippen molar-refractivity contribution in [1.29, 1.82) is 0 Å². The van der Waals surface area contributed by atoms with E-state index >= 15 is 0 Å². The van der Waals surface area contributed by atoms with E-state index in [2.05, 4.69) is 11.9 Å². The van der Waals surface area contributed by atoms with Gasteiger partial charge in [0, 0.05) is 11.3 Å². The van der Waals surface area contributed by atoms with Crippen LogP contribution in [0.3, 0.4) is 0 Å². The molecule has 3 nitrogen and oxygen atoms in total. The largest absolute Gasteiger partial charge is 0.326 e. The van der Waals surface area contributed by atoms with E-state index in [0.717, 1.165) is 5.56 Å². The minimum Gasteiger partial charge on any atom is -0.326 e. The van der Waals surface area contributed by atoms with Crippen LogP contribution in [0.15, 0.2) is 61.2 Å². The van der Waals surface area contributed by atoms with Crippen LogP contribution in [-0.4, -0.2) is 11.7 Å². The van der Waals surface area contributed by atoms with E-state index in [1.807, 2.05) is 18.2 Å². The molecule has 0 radical (unpaired) electrons. The SMILES string of the molecule is C=Cc1ccc(NC(=O)CC(=O)c2ccccc2)cc1. The lowest BCUT2D eigenvalue weighted by molar-refractivity contribution is -0.115. The summed E-state index contributed by atoms with van der Waals surface area (Å²) < 4.78 is 0. The average Bonchev–Trinajstić information content (AvgIpc) is 2.49. The lowest BCUT2D eigenvalue weighted by Crippen LogP contribution is -2.16. The van der Waals surface area contributed by atoms with Crippen LogP contribution in [0.25, 0.3) is 6.08 Å². The molecule has 100 valence electrons. The fraction of sp³-hybridized carbons (Fsp3) is 0.0588. The zero-order valence-corrected chi connectivity index (χ0v) is 11.0. The molecule has 0 spiro atoms. The van der Waals surface area contributed by atoms with Gasteiger partial charge in [0.15, 0.2) is 5.78 Å². The van der Waals surface area contributed by atoms with Crippen molar-refractivity contribution in [3.8, 4) is 0 Å². The minimum absolute atomic E-state index is 0.160. The van der Waals surface area contributed by atoms with Gasteiger partial charge in [-0.1, -0.05) is 55.1 Å². The highest BCUT2D eigenvalue weighted by Gasteiger charge is 2.11. The number of benzene rings is 2. The van der Waals surface area contributed by atoms with Gasteiger partial charge < -0.3 is 5.32 Å². The van der Waals surface area contributed by atoms with Gasteiger partial charge in [-0.15, -0.1) is 0 Å². The maximum atomic E-state index is 11.9. The molecule has 0 aliphatic carbocycles. The summed E-state index contributed by atoms with van der Waals surface area (Å²) in [6, 6.07) is 16.0. The Balaban J connectivity index is 1.95. The number of Topliss-reactive ketones (excluding diaryl/α,β-unsaturated/α-hetero) is 1. The highest BCUT2D eigenvalue weighted by atomic mass is 16.2. The molecular formula is C17H15NO2. The molecule has 0 saturated heterocycles. The number of anilines is 1. The van der Waals surface area contributed by atoms with E-state index in [9.17, 15) is 9.59 Å². The Morgan fingerprint density at radius 3 is 2.25 bits per heavy atom. The summed E-state index contributed by atoms with van der Waals surface area (Å²) in [7, 11) is 0. The smallest absolute Gasteiger partial charge is 0.232 e. The molecule has 0 heterocycles. The number of carbonyl (C=O) groups is 2. The number of ketones is 1. The Labute approximate surface area is 117 Å². The maximum Gasteiger partial charge on any atom is 0.232 e. The number of rotatable bonds is 5. The first-order valence-corrected chi connectivity index (χ1v) is 6.29. The highest BCUT2D eigenvalue weighted by molar-refractivity contribution is 6.10. The van der Waals surface area contributed by atoms with Crippen molar-refractivity contribution >= 4 is 23.5 Å². The summed E-state index contributed by atoms with van der Waals surface area (Å²) in [6.07, 6.45) is 1.57. The van der Waals surface area contributed by atoms with Gasteiger partial charge in [-0.2, -0.15) is 0 Å². The number of amides is 1. The molecule has 0 fully saturated rings. The van der Waals surface area contributed by atoms with E-state index in [4.69, 9.17) is 0 Å². The van der Waals surface area contributed by atoms with Crippen LogP contribution in [0.1, 0.15) is 22.3 Å². The molecule has 0 atom stereocenters. The highest BCUT2D eigenvalue weighted by Crippen LogP contribution is 2.11. The summed E-state index contributed by atoms with van der Waals surface area (Å²) in [4.78, 5) is 23.7. The average molecular weight is 265 g/mol. The van der Waals surface area contributed by atoms with Crippen LogP contribution in [0.4, 0.5) is 5.69 Å². The van der Waals surface area contributed by atoms with Crippen LogP contribution in [0, 0.1) is 0 Å². The second kappa shape index (κ2) is 6.48. The lowest BCUT2D eigenvalue weighted by atomic mass is 10.1. The third-order valence-electron chi connectivity index (χ3n) is 2.85. The summed E-state index contributed by atoms with van der Waals surface area (Å²) in [5, 5.41) is 2.70. The normalized spacial score (nSPS) is 9.80. The van der Waals surface area contributed by atoms with Crippen molar-refractivity contribution in [2.24, 2.45) is 0 Å². The van der Waals surface area contributed by atoms with Gasteiger partial charge in [-0.25, -0.2) is 0 Å². The number of hydrogen-bond acceptors (Lipinski definition) is 2. The zero-order valence-electron chi connectivity index (χ0n) is 11.0. The Bertz CT molecular complexity index is 615. The van der Waals surface area contributed by atoms with E-state index in [1.165, 1.54) is 0 Å². The van der Waals surface area contributed by atoms with Crippen molar-refractivity contribution in [2.45, 2.75) is 6.42 Å². The topological polar surface area (TPSA) is 46.2 Å². The Morgan fingerprint density at radius 2 is 1.65 bits per heavy atom. The number of nitrogens with one attached hydrogen (secondary N) is 1. The Kier molecular flexibility index (Phi) is 4.45. The van der Waals surface area contributed by atoms with Gasteiger partial charge in [-0.3, -0.25) is 9.59 Å². The molecule has 0 aliphatic heterocycles. The van der Waals surface area contributed by atoms with Crippen molar-refractivity contribution in [1.82, 2.24) is 0 Å². The van der Waals surface area contributed by atoms with Gasteiger partial charge in [0.2, 0.25) is 5.91 Å². The molecule has 2 aromatic carbocycles. The molecule has 2 rings (SSSR count). The second-order valence-electron chi connectivity index (χ2n) is 4.34. The van der Waals surface area contributed by atoms with Gasteiger partial charge in [-0.05, 0) is 17.7 Å². The Morgan fingerprint density at radius 1 is 1.00 bits per heavy atom. The van der Waals surface area contributed by atoms with Crippen LogP contribution in [-0.2, 0) is 4.79 Å². The van der Waals surface area contributed by atoms with E-state index in [1.54, 1.807) is 42.5 Å². The minimum atomic E-state index is -0.315. The summed E-state index contributed by atoms with van der Waals surface area (Å²) >= 11 is 0. The first kappa shape index (κ1) is 13.7. The van der Waals surface area contributed by atoms with Gasteiger partial charge in [0.25, 0.3) is 0 Å². The predicted octanol–water partition coefficient (Wildman–Crippen LogP) is 3.54. The molecule has 3 heteroatoms. The van der Waals surface area contributed by atoms with Gasteiger partial charge >= 0.3 is 0 Å². The van der Waals surface area contributed by atoms with Crippen LogP contribution in [0.2, 0.25) is 0 Å². The summed E-state index contributed by atoms with van der Waals surface area (Å²) in [6.45, 7) is 3.66. The van der Waals surface area contributed by atoms with Crippen LogP contribution < -0.4 is 5.32 Å². The van der Waals surface area contributed by atoms with Crippen molar-refractivity contribution in [3.05, 3.63) is 72.3 Å². The van der Waals surface area contributed by atoms with Gasteiger partial charge in [0.1, 0.15) is 0 Å². The van der Waals surface area contributed by atoms with Crippen LogP contribution >= 0.6 is 0 Å². The molecular weight excluding hydrogens is 250 g/mol. The number of hydrogen-bond donors (Lipinski definition) is 1. The second-order valence-corrected chi connectivity index (χ2v) is 4.34. The Hall–Kier alpha value is -2.68. The van der Waals surface area contributed by atoms with E-state index in [0.29, 0.717) is 11.3 Å². The fourth-order valence-electron chi connectivity index (χ4n) is 1.78. The third kappa shape index (κ3) is 3.65.